The number of halogens is 1. The van der Waals surface area contributed by atoms with Gasteiger partial charge in [-0.3, -0.25) is 0 Å². The third kappa shape index (κ3) is 8.44. The van der Waals surface area contributed by atoms with Crippen LogP contribution in [-0.2, 0) is 11.2 Å². The Balaban J connectivity index is 2.44. The molecule has 1 aromatic rings. The van der Waals surface area contributed by atoms with Gasteiger partial charge in [-0.15, -0.1) is 0 Å². The van der Waals surface area contributed by atoms with Gasteiger partial charge >= 0.3 is 0 Å². The predicted molar refractivity (Wildman–Crippen MR) is 90.6 cm³/mol. The maximum atomic E-state index is 13.8. The van der Waals surface area contributed by atoms with Gasteiger partial charge in [0.25, 0.3) is 0 Å². The Hall–Kier alpha value is -0.580. The molecule has 0 fully saturated rings. The zero-order valence-electron chi connectivity index (χ0n) is 13.2. The van der Waals surface area contributed by atoms with Crippen LogP contribution in [0.3, 0.4) is 0 Å². The van der Waals surface area contributed by atoms with Crippen molar-refractivity contribution in [3.8, 4) is 0 Å². The number of rotatable bonds is 12. The molecule has 21 heavy (non-hydrogen) atoms. The molecule has 0 aliphatic carbocycles. The first-order chi connectivity index (χ1) is 10.3. The molecule has 0 aliphatic heterocycles. The van der Waals surface area contributed by atoms with Crippen molar-refractivity contribution in [2.45, 2.75) is 26.2 Å². The zero-order valence-corrected chi connectivity index (χ0v) is 14.1. The molecule has 1 unspecified atom stereocenters. The molecular weight excluding hydrogens is 285 g/mol. The molecule has 120 valence electrons. The van der Waals surface area contributed by atoms with Crippen LogP contribution in [0.2, 0.25) is 0 Å². The normalized spacial score (nSPS) is 12.5. The number of hydrogen-bond donors (Lipinski definition) is 1. The molecule has 2 nitrogen and oxygen atoms in total. The third-order valence-electron chi connectivity index (χ3n) is 3.49. The lowest BCUT2D eigenvalue weighted by molar-refractivity contribution is 0.197. The van der Waals surface area contributed by atoms with Gasteiger partial charge in [0.2, 0.25) is 0 Å². The number of hydrogen-bond acceptors (Lipinski definition) is 3. The number of methoxy groups -OCH3 is 1. The van der Waals surface area contributed by atoms with E-state index in [1.807, 2.05) is 23.9 Å². The van der Waals surface area contributed by atoms with Crippen LogP contribution < -0.4 is 5.32 Å². The molecule has 0 aliphatic rings. The summed E-state index contributed by atoms with van der Waals surface area (Å²) in [5.41, 5.74) is 0.833. The van der Waals surface area contributed by atoms with E-state index >= 15 is 0 Å². The average molecular weight is 313 g/mol. The monoisotopic (exact) mass is 313 g/mol. The Morgan fingerprint density at radius 1 is 1.33 bits per heavy atom. The van der Waals surface area contributed by atoms with Crippen LogP contribution in [0.15, 0.2) is 24.3 Å². The van der Waals surface area contributed by atoms with E-state index in [2.05, 4.69) is 12.2 Å². The van der Waals surface area contributed by atoms with Crippen LogP contribution in [-0.4, -0.2) is 38.3 Å². The predicted octanol–water partition coefficient (Wildman–Crippen LogP) is 3.75. The van der Waals surface area contributed by atoms with Gasteiger partial charge in [-0.1, -0.05) is 25.1 Å². The van der Waals surface area contributed by atoms with Gasteiger partial charge in [0.15, 0.2) is 0 Å². The summed E-state index contributed by atoms with van der Waals surface area (Å²) in [5.74, 6) is 2.77. The van der Waals surface area contributed by atoms with E-state index in [1.165, 1.54) is 17.9 Å². The van der Waals surface area contributed by atoms with Gasteiger partial charge in [-0.2, -0.15) is 11.8 Å². The Morgan fingerprint density at radius 2 is 2.14 bits per heavy atom. The summed E-state index contributed by atoms with van der Waals surface area (Å²) in [5, 5.41) is 3.41. The van der Waals surface area contributed by atoms with Crippen molar-refractivity contribution >= 4 is 11.8 Å². The lowest BCUT2D eigenvalue weighted by Gasteiger charge is -2.18. The third-order valence-corrected chi connectivity index (χ3v) is 4.47. The van der Waals surface area contributed by atoms with Gasteiger partial charge in [-0.05, 0) is 54.9 Å². The first-order valence-electron chi connectivity index (χ1n) is 7.78. The minimum Gasteiger partial charge on any atom is -0.383 e. The summed E-state index contributed by atoms with van der Waals surface area (Å²) < 4.78 is 18.8. The maximum Gasteiger partial charge on any atom is 0.126 e. The van der Waals surface area contributed by atoms with E-state index in [0.29, 0.717) is 5.92 Å². The molecule has 0 heterocycles. The number of benzene rings is 1. The van der Waals surface area contributed by atoms with E-state index in [-0.39, 0.29) is 5.82 Å². The fraction of sp³-hybridized carbons (Fsp3) is 0.647. The Kier molecular flexibility index (Phi) is 10.6. The molecule has 0 saturated carbocycles. The lowest BCUT2D eigenvalue weighted by Crippen LogP contribution is -2.27. The van der Waals surface area contributed by atoms with Crippen molar-refractivity contribution in [1.29, 1.82) is 0 Å². The van der Waals surface area contributed by atoms with Crippen molar-refractivity contribution in [3.05, 3.63) is 35.6 Å². The highest BCUT2D eigenvalue weighted by molar-refractivity contribution is 7.99. The van der Waals surface area contributed by atoms with Crippen LogP contribution in [0.5, 0.6) is 0 Å². The molecule has 0 spiro atoms. The fourth-order valence-corrected chi connectivity index (χ4v) is 3.01. The standard InChI is InChI=1S/C17H28FNOS/c1-3-21-12-6-7-15(14-19-10-11-20-2)13-16-8-4-5-9-17(16)18/h4-5,8-9,15,19H,3,6-7,10-14H2,1-2H3. The Morgan fingerprint density at radius 3 is 2.86 bits per heavy atom. The smallest absolute Gasteiger partial charge is 0.126 e. The minimum atomic E-state index is -0.0812. The molecule has 1 N–H and O–H groups in total. The molecule has 1 aromatic carbocycles. The van der Waals surface area contributed by atoms with Crippen molar-refractivity contribution in [3.63, 3.8) is 0 Å². The van der Waals surface area contributed by atoms with E-state index in [4.69, 9.17) is 4.74 Å². The second-order valence-corrected chi connectivity index (χ2v) is 6.59. The topological polar surface area (TPSA) is 21.3 Å². The van der Waals surface area contributed by atoms with Gasteiger partial charge in [0.05, 0.1) is 6.61 Å². The molecule has 4 heteroatoms. The highest BCUT2D eigenvalue weighted by atomic mass is 32.2. The average Bonchev–Trinajstić information content (AvgIpc) is 2.50. The second kappa shape index (κ2) is 12.0. The minimum absolute atomic E-state index is 0.0812. The van der Waals surface area contributed by atoms with E-state index in [9.17, 15) is 4.39 Å². The lowest BCUT2D eigenvalue weighted by atomic mass is 9.94. The Bertz CT molecular complexity index is 364. The first-order valence-corrected chi connectivity index (χ1v) is 8.94. The first kappa shape index (κ1) is 18.5. The van der Waals surface area contributed by atoms with Gasteiger partial charge in [0, 0.05) is 13.7 Å². The summed E-state index contributed by atoms with van der Waals surface area (Å²) in [7, 11) is 1.71. The number of nitrogens with one attached hydrogen (secondary N) is 1. The van der Waals surface area contributed by atoms with Crippen LogP contribution in [0, 0.1) is 11.7 Å². The molecule has 0 bridgehead atoms. The largest absolute Gasteiger partial charge is 0.383 e. The quantitative estimate of drug-likeness (QED) is 0.594. The summed E-state index contributed by atoms with van der Waals surface area (Å²) >= 11 is 1.98. The molecule has 0 radical (unpaired) electrons. The maximum absolute atomic E-state index is 13.8. The summed E-state index contributed by atoms with van der Waals surface area (Å²) in [4.78, 5) is 0. The van der Waals surface area contributed by atoms with Crippen molar-refractivity contribution < 1.29 is 9.13 Å². The molecule has 0 amide bonds. The second-order valence-electron chi connectivity index (χ2n) is 5.20. The van der Waals surface area contributed by atoms with Gasteiger partial charge in [-0.25, -0.2) is 4.39 Å². The van der Waals surface area contributed by atoms with Crippen LogP contribution in [0.4, 0.5) is 4.39 Å². The fourth-order valence-electron chi connectivity index (χ4n) is 2.35. The molecule has 1 atom stereocenters. The molecular formula is C17H28FNOS. The molecule has 0 saturated heterocycles. The van der Waals surface area contributed by atoms with Crippen LogP contribution >= 0.6 is 11.8 Å². The Labute approximate surface area is 132 Å². The van der Waals surface area contributed by atoms with Gasteiger partial charge < -0.3 is 10.1 Å². The summed E-state index contributed by atoms with van der Waals surface area (Å²) in [6.45, 7) is 4.69. The highest BCUT2D eigenvalue weighted by Crippen LogP contribution is 2.17. The van der Waals surface area contributed by atoms with Crippen molar-refractivity contribution in [2.75, 3.05) is 38.3 Å². The summed E-state index contributed by atoms with van der Waals surface area (Å²) in [6.07, 6.45) is 3.15. The SMILES string of the molecule is CCSCCCC(CNCCOC)Cc1ccccc1F. The van der Waals surface area contributed by atoms with E-state index in [1.54, 1.807) is 19.2 Å². The van der Waals surface area contributed by atoms with Crippen LogP contribution in [0.25, 0.3) is 0 Å². The van der Waals surface area contributed by atoms with Crippen molar-refractivity contribution in [2.24, 2.45) is 5.92 Å². The van der Waals surface area contributed by atoms with Gasteiger partial charge in [0.1, 0.15) is 5.82 Å². The summed E-state index contributed by atoms with van der Waals surface area (Å²) in [6, 6.07) is 7.12. The van der Waals surface area contributed by atoms with Crippen LogP contribution in [0.1, 0.15) is 25.3 Å². The number of thioether (sulfide) groups is 1. The van der Waals surface area contributed by atoms with E-state index < -0.39 is 0 Å². The molecule has 0 aromatic heterocycles. The number of ether oxygens (including phenoxy) is 1. The highest BCUT2D eigenvalue weighted by Gasteiger charge is 2.12. The zero-order chi connectivity index (χ0) is 15.3. The van der Waals surface area contributed by atoms with Crippen molar-refractivity contribution in [1.82, 2.24) is 5.32 Å². The van der Waals surface area contributed by atoms with E-state index in [0.717, 1.165) is 38.1 Å². The molecule has 1 rings (SSSR count).